The van der Waals surface area contributed by atoms with Gasteiger partial charge in [0.25, 0.3) is 0 Å². The van der Waals surface area contributed by atoms with Gasteiger partial charge < -0.3 is 10.6 Å². The van der Waals surface area contributed by atoms with Crippen LogP contribution in [0.2, 0.25) is 0 Å². The Labute approximate surface area is 115 Å². The summed E-state index contributed by atoms with van der Waals surface area (Å²) in [6.07, 6.45) is 0. The highest BCUT2D eigenvalue weighted by molar-refractivity contribution is 9.10. The van der Waals surface area contributed by atoms with Crippen LogP contribution in [0.25, 0.3) is 0 Å². The molecule has 1 unspecified atom stereocenters. The zero-order chi connectivity index (χ0) is 13.0. The third-order valence-corrected chi connectivity index (χ3v) is 4.35. The van der Waals surface area contributed by atoms with Crippen LogP contribution >= 0.6 is 27.3 Å². The van der Waals surface area contributed by atoms with Gasteiger partial charge in [-0.15, -0.1) is 11.3 Å². The lowest BCUT2D eigenvalue weighted by Crippen LogP contribution is -2.38. The third-order valence-electron chi connectivity index (χ3n) is 2.55. The second kappa shape index (κ2) is 6.49. The average Bonchev–Trinajstić information content (AvgIpc) is 2.65. The molecule has 1 aromatic rings. The van der Waals surface area contributed by atoms with E-state index in [9.17, 15) is 4.79 Å². The summed E-state index contributed by atoms with van der Waals surface area (Å²) in [4.78, 5) is 16.4. The predicted molar refractivity (Wildman–Crippen MR) is 75.1 cm³/mol. The fraction of sp³-hybridized carbons (Fsp3) is 0.545. The number of hydrogen-bond acceptors (Lipinski definition) is 4. The first-order valence-corrected chi connectivity index (χ1v) is 6.97. The van der Waals surface area contributed by atoms with E-state index in [1.807, 2.05) is 17.3 Å². The highest BCUT2D eigenvalue weighted by atomic mass is 79.9. The minimum Gasteiger partial charge on any atom is -0.348 e. The molecule has 96 valence electrons. The molecule has 1 rings (SSSR count). The maximum absolute atomic E-state index is 11.6. The first kappa shape index (κ1) is 14.6. The van der Waals surface area contributed by atoms with Gasteiger partial charge in [0, 0.05) is 35.4 Å². The molecule has 1 atom stereocenters. The van der Waals surface area contributed by atoms with E-state index in [2.05, 4.69) is 22.0 Å². The second-order valence-corrected chi connectivity index (χ2v) is 5.98. The van der Waals surface area contributed by atoms with Gasteiger partial charge >= 0.3 is 0 Å². The minimum atomic E-state index is 0.0848. The molecular formula is C11H18BrN3OS. The number of halogens is 1. The summed E-state index contributed by atoms with van der Waals surface area (Å²) in [7, 11) is 5.44. The van der Waals surface area contributed by atoms with Crippen LogP contribution in [0.3, 0.4) is 0 Å². The summed E-state index contributed by atoms with van der Waals surface area (Å²) >= 11 is 5.08. The largest absolute Gasteiger partial charge is 0.348 e. The number of amides is 1. The van der Waals surface area contributed by atoms with Gasteiger partial charge in [-0.25, -0.2) is 0 Å². The SMILES string of the molecule is CN(C)C(=O)CN(C)C(CN)c1cc(Br)cs1. The summed E-state index contributed by atoms with van der Waals surface area (Å²) in [5.41, 5.74) is 5.79. The van der Waals surface area contributed by atoms with Gasteiger partial charge in [-0.3, -0.25) is 9.69 Å². The molecule has 0 aliphatic heterocycles. The van der Waals surface area contributed by atoms with E-state index in [1.165, 1.54) is 4.88 Å². The first-order chi connectivity index (χ1) is 7.95. The lowest BCUT2D eigenvalue weighted by atomic mass is 10.2. The van der Waals surface area contributed by atoms with Crippen LogP contribution in [0.5, 0.6) is 0 Å². The molecule has 0 saturated heterocycles. The monoisotopic (exact) mass is 319 g/mol. The number of rotatable bonds is 5. The minimum absolute atomic E-state index is 0.0848. The van der Waals surface area contributed by atoms with Crippen molar-refractivity contribution in [3.63, 3.8) is 0 Å². The molecule has 0 spiro atoms. The van der Waals surface area contributed by atoms with Crippen molar-refractivity contribution in [3.8, 4) is 0 Å². The molecule has 0 aromatic carbocycles. The van der Waals surface area contributed by atoms with Crippen LogP contribution in [0.1, 0.15) is 10.9 Å². The number of carbonyl (C=O) groups is 1. The van der Waals surface area contributed by atoms with Crippen LogP contribution in [0.15, 0.2) is 15.9 Å². The molecule has 1 amide bonds. The molecule has 0 aliphatic rings. The van der Waals surface area contributed by atoms with Gasteiger partial charge in [0.1, 0.15) is 0 Å². The fourth-order valence-corrected chi connectivity index (χ4v) is 3.10. The van der Waals surface area contributed by atoms with Crippen LogP contribution in [0, 0.1) is 0 Å². The number of thiophene rings is 1. The van der Waals surface area contributed by atoms with Gasteiger partial charge in [-0.1, -0.05) is 0 Å². The van der Waals surface area contributed by atoms with Gasteiger partial charge in [-0.2, -0.15) is 0 Å². The molecule has 6 heteroatoms. The van der Waals surface area contributed by atoms with Crippen molar-refractivity contribution in [2.45, 2.75) is 6.04 Å². The van der Waals surface area contributed by atoms with Crippen molar-refractivity contribution in [1.82, 2.24) is 9.80 Å². The number of nitrogens with two attached hydrogens (primary N) is 1. The van der Waals surface area contributed by atoms with Gasteiger partial charge in [-0.05, 0) is 29.0 Å². The maximum Gasteiger partial charge on any atom is 0.236 e. The molecule has 0 aliphatic carbocycles. The molecular weight excluding hydrogens is 302 g/mol. The zero-order valence-corrected chi connectivity index (χ0v) is 12.7. The van der Waals surface area contributed by atoms with E-state index in [-0.39, 0.29) is 11.9 Å². The molecule has 2 N–H and O–H groups in total. The average molecular weight is 320 g/mol. The van der Waals surface area contributed by atoms with Crippen molar-refractivity contribution >= 4 is 33.2 Å². The highest BCUT2D eigenvalue weighted by Gasteiger charge is 2.20. The number of hydrogen-bond donors (Lipinski definition) is 1. The van der Waals surface area contributed by atoms with Crippen LogP contribution in [-0.4, -0.2) is 49.9 Å². The standard InChI is InChI=1S/C11H18BrN3OS/c1-14(2)11(16)6-15(3)9(5-13)10-4-8(12)7-17-10/h4,7,9H,5-6,13H2,1-3H3. The molecule has 17 heavy (non-hydrogen) atoms. The Morgan fingerprint density at radius 2 is 2.18 bits per heavy atom. The van der Waals surface area contributed by atoms with E-state index in [4.69, 9.17) is 5.73 Å². The Hall–Kier alpha value is -0.430. The van der Waals surface area contributed by atoms with Crippen LogP contribution in [-0.2, 0) is 4.79 Å². The first-order valence-electron chi connectivity index (χ1n) is 5.30. The topological polar surface area (TPSA) is 49.6 Å². The van der Waals surface area contributed by atoms with Crippen LogP contribution < -0.4 is 5.73 Å². The second-order valence-electron chi connectivity index (χ2n) is 4.12. The Morgan fingerprint density at radius 3 is 2.59 bits per heavy atom. The Morgan fingerprint density at radius 1 is 1.53 bits per heavy atom. The Bertz CT molecular complexity index is 381. The summed E-state index contributed by atoms with van der Waals surface area (Å²) in [5, 5.41) is 2.03. The smallest absolute Gasteiger partial charge is 0.236 e. The Kier molecular flexibility index (Phi) is 5.58. The summed E-state index contributed by atoms with van der Waals surface area (Å²) < 4.78 is 1.06. The fourth-order valence-electron chi connectivity index (χ4n) is 1.48. The van der Waals surface area contributed by atoms with Crippen molar-refractivity contribution in [3.05, 3.63) is 20.8 Å². The summed E-state index contributed by atoms with van der Waals surface area (Å²) in [6, 6.07) is 2.15. The molecule has 0 bridgehead atoms. The lowest BCUT2D eigenvalue weighted by molar-refractivity contribution is -0.130. The Balaban J connectivity index is 2.71. The summed E-state index contributed by atoms with van der Waals surface area (Å²) in [5.74, 6) is 0.0848. The van der Waals surface area contributed by atoms with Crippen LogP contribution in [0.4, 0.5) is 0 Å². The van der Waals surface area contributed by atoms with E-state index in [0.717, 1.165) is 4.47 Å². The highest BCUT2D eigenvalue weighted by Crippen LogP contribution is 2.28. The predicted octanol–water partition coefficient (Wildman–Crippen LogP) is 1.53. The number of nitrogens with zero attached hydrogens (tertiary/aromatic N) is 2. The molecule has 0 radical (unpaired) electrons. The normalized spacial score (nSPS) is 12.8. The van der Waals surface area contributed by atoms with Gasteiger partial charge in [0.15, 0.2) is 0 Å². The molecule has 4 nitrogen and oxygen atoms in total. The van der Waals surface area contributed by atoms with Crippen molar-refractivity contribution < 1.29 is 4.79 Å². The molecule has 1 heterocycles. The van der Waals surface area contributed by atoms with Gasteiger partial charge in [0.2, 0.25) is 5.91 Å². The van der Waals surface area contributed by atoms with E-state index in [0.29, 0.717) is 13.1 Å². The van der Waals surface area contributed by atoms with Gasteiger partial charge in [0.05, 0.1) is 12.6 Å². The van der Waals surface area contributed by atoms with Crippen molar-refractivity contribution in [1.29, 1.82) is 0 Å². The summed E-state index contributed by atoms with van der Waals surface area (Å²) in [6.45, 7) is 0.883. The quantitative estimate of drug-likeness (QED) is 0.895. The molecule has 0 fully saturated rings. The maximum atomic E-state index is 11.6. The van der Waals surface area contributed by atoms with Crippen molar-refractivity contribution in [2.24, 2.45) is 5.73 Å². The lowest BCUT2D eigenvalue weighted by Gasteiger charge is -2.26. The number of likely N-dealkylation sites (N-methyl/N-ethyl adjacent to an activating group) is 2. The van der Waals surface area contributed by atoms with Crippen molar-refractivity contribution in [2.75, 3.05) is 34.2 Å². The molecule has 0 saturated carbocycles. The third kappa shape index (κ3) is 4.06. The molecule has 1 aromatic heterocycles. The zero-order valence-electron chi connectivity index (χ0n) is 10.3. The van der Waals surface area contributed by atoms with E-state index in [1.54, 1.807) is 30.3 Å². The number of carbonyl (C=O) groups excluding carboxylic acids is 1. The van der Waals surface area contributed by atoms with E-state index >= 15 is 0 Å². The van der Waals surface area contributed by atoms with E-state index < -0.39 is 0 Å².